The lowest BCUT2D eigenvalue weighted by molar-refractivity contribution is 0.0621. The van der Waals surface area contributed by atoms with Crippen LogP contribution in [0.25, 0.3) is 0 Å². The standard InChI is InChI=1S/C17H32N4OS.HI/c1-7-18-15(19-11-16(2,3)13-21(5)6)20-12-17(4,22)14-8-9-23-10-14;/h8-10,22H,7,11-13H2,1-6H3,(H2,18,19,20);1H. The summed E-state index contributed by atoms with van der Waals surface area (Å²) >= 11 is 1.59. The molecule has 0 aliphatic carbocycles. The lowest BCUT2D eigenvalue weighted by Crippen LogP contribution is -2.45. The molecule has 1 heterocycles. The first-order chi connectivity index (χ1) is 10.7. The van der Waals surface area contributed by atoms with Crippen LogP contribution in [0.15, 0.2) is 21.8 Å². The number of hydrogen-bond acceptors (Lipinski definition) is 4. The molecule has 5 nitrogen and oxygen atoms in total. The van der Waals surface area contributed by atoms with Crippen molar-refractivity contribution < 1.29 is 5.11 Å². The van der Waals surface area contributed by atoms with Gasteiger partial charge in [0.05, 0.1) is 6.54 Å². The summed E-state index contributed by atoms with van der Waals surface area (Å²) in [6, 6.07) is 1.95. The number of nitrogens with zero attached hydrogens (tertiary/aromatic N) is 2. The first kappa shape index (κ1) is 23.6. The van der Waals surface area contributed by atoms with E-state index in [1.807, 2.05) is 30.7 Å². The van der Waals surface area contributed by atoms with Crippen LogP contribution in [0.3, 0.4) is 0 Å². The highest BCUT2D eigenvalue weighted by molar-refractivity contribution is 14.0. The summed E-state index contributed by atoms with van der Waals surface area (Å²) in [6.45, 7) is 11.2. The molecule has 24 heavy (non-hydrogen) atoms. The van der Waals surface area contributed by atoms with Crippen LogP contribution in [0.4, 0.5) is 0 Å². The van der Waals surface area contributed by atoms with Crippen molar-refractivity contribution in [1.29, 1.82) is 0 Å². The Kier molecular flexibility index (Phi) is 10.4. The lowest BCUT2D eigenvalue weighted by atomic mass is 9.93. The molecule has 1 aromatic heterocycles. The van der Waals surface area contributed by atoms with Gasteiger partial charge in [-0.15, -0.1) is 24.0 Å². The number of hydrogen-bond donors (Lipinski definition) is 3. The number of aliphatic hydroxyl groups is 1. The zero-order valence-electron chi connectivity index (χ0n) is 15.7. The Balaban J connectivity index is 0.00000529. The van der Waals surface area contributed by atoms with E-state index in [0.717, 1.165) is 31.2 Å². The molecule has 0 amide bonds. The molecule has 1 atom stereocenters. The van der Waals surface area contributed by atoms with Crippen LogP contribution in [0.1, 0.15) is 33.3 Å². The Hall–Kier alpha value is -0.380. The lowest BCUT2D eigenvalue weighted by Gasteiger charge is -2.27. The van der Waals surface area contributed by atoms with Crippen molar-refractivity contribution >= 4 is 41.3 Å². The smallest absolute Gasteiger partial charge is 0.191 e. The first-order valence-corrected chi connectivity index (χ1v) is 9.02. The summed E-state index contributed by atoms with van der Waals surface area (Å²) in [5, 5.41) is 21.0. The highest BCUT2D eigenvalue weighted by atomic mass is 127. The predicted molar refractivity (Wildman–Crippen MR) is 116 cm³/mol. The van der Waals surface area contributed by atoms with Gasteiger partial charge in [0.1, 0.15) is 5.60 Å². The van der Waals surface area contributed by atoms with E-state index in [1.165, 1.54) is 0 Å². The second kappa shape index (κ2) is 10.6. The zero-order chi connectivity index (χ0) is 17.5. The molecule has 0 fully saturated rings. The Bertz CT molecular complexity index is 487. The molecule has 0 saturated heterocycles. The molecule has 0 saturated carbocycles. The summed E-state index contributed by atoms with van der Waals surface area (Å²) in [5.74, 6) is 0.745. The fraction of sp³-hybridized carbons (Fsp3) is 0.706. The highest BCUT2D eigenvalue weighted by Gasteiger charge is 2.24. The molecule has 0 bridgehead atoms. The number of halogens is 1. The van der Waals surface area contributed by atoms with Crippen molar-refractivity contribution in [3.8, 4) is 0 Å². The van der Waals surface area contributed by atoms with Crippen molar-refractivity contribution in [2.75, 3.05) is 40.3 Å². The molecule has 1 aromatic rings. The van der Waals surface area contributed by atoms with Crippen molar-refractivity contribution in [1.82, 2.24) is 15.5 Å². The SMILES string of the molecule is CCNC(=NCC(C)(C)CN(C)C)NCC(C)(O)c1ccsc1.I. The molecule has 0 aliphatic heterocycles. The number of aliphatic imine (C=N–C) groups is 1. The molecule has 0 aromatic carbocycles. The number of guanidine groups is 1. The van der Waals surface area contributed by atoms with Crippen molar-refractivity contribution in [2.45, 2.75) is 33.3 Å². The normalized spacial score (nSPS) is 14.9. The van der Waals surface area contributed by atoms with Gasteiger partial charge in [0, 0.05) is 19.6 Å². The fourth-order valence-corrected chi connectivity index (χ4v) is 3.25. The summed E-state index contributed by atoms with van der Waals surface area (Å²) in [7, 11) is 4.15. The first-order valence-electron chi connectivity index (χ1n) is 8.08. The predicted octanol–water partition coefficient (Wildman–Crippen LogP) is 2.72. The van der Waals surface area contributed by atoms with E-state index in [-0.39, 0.29) is 29.4 Å². The van der Waals surface area contributed by atoms with Crippen LogP contribution in [0, 0.1) is 5.41 Å². The molecule has 0 spiro atoms. The van der Waals surface area contributed by atoms with Gasteiger partial charge < -0.3 is 20.6 Å². The largest absolute Gasteiger partial charge is 0.384 e. The van der Waals surface area contributed by atoms with Gasteiger partial charge in [-0.3, -0.25) is 4.99 Å². The van der Waals surface area contributed by atoms with E-state index in [9.17, 15) is 5.11 Å². The number of thiophene rings is 1. The minimum Gasteiger partial charge on any atom is -0.384 e. The third-order valence-electron chi connectivity index (χ3n) is 3.50. The van der Waals surface area contributed by atoms with Crippen molar-refractivity contribution in [3.63, 3.8) is 0 Å². The maximum Gasteiger partial charge on any atom is 0.191 e. The Labute approximate surface area is 168 Å². The molecule has 0 radical (unpaired) electrons. The Morgan fingerprint density at radius 2 is 1.96 bits per heavy atom. The summed E-state index contributed by atoms with van der Waals surface area (Å²) in [6.07, 6.45) is 0. The van der Waals surface area contributed by atoms with Gasteiger partial charge in [-0.1, -0.05) is 13.8 Å². The average molecular weight is 468 g/mol. The van der Waals surface area contributed by atoms with Crippen LogP contribution < -0.4 is 10.6 Å². The maximum atomic E-state index is 10.6. The van der Waals surface area contributed by atoms with Gasteiger partial charge in [-0.2, -0.15) is 11.3 Å². The molecule has 1 unspecified atom stereocenters. The molecule has 1 rings (SSSR count). The van der Waals surface area contributed by atoms with E-state index in [1.54, 1.807) is 11.3 Å². The van der Waals surface area contributed by atoms with E-state index >= 15 is 0 Å². The second-order valence-electron chi connectivity index (χ2n) is 7.24. The van der Waals surface area contributed by atoms with E-state index in [2.05, 4.69) is 48.5 Å². The average Bonchev–Trinajstić information content (AvgIpc) is 2.95. The zero-order valence-corrected chi connectivity index (χ0v) is 18.9. The molecule has 3 N–H and O–H groups in total. The van der Waals surface area contributed by atoms with Gasteiger partial charge in [0.15, 0.2) is 5.96 Å². The number of nitrogens with one attached hydrogen (secondary N) is 2. The Morgan fingerprint density at radius 3 is 2.46 bits per heavy atom. The van der Waals surface area contributed by atoms with Crippen LogP contribution in [0.5, 0.6) is 0 Å². The highest BCUT2D eigenvalue weighted by Crippen LogP contribution is 2.22. The van der Waals surface area contributed by atoms with E-state index in [4.69, 9.17) is 0 Å². The van der Waals surface area contributed by atoms with E-state index in [0.29, 0.717) is 6.54 Å². The van der Waals surface area contributed by atoms with Gasteiger partial charge in [0.2, 0.25) is 0 Å². The maximum absolute atomic E-state index is 10.6. The quantitative estimate of drug-likeness (QED) is 0.312. The third kappa shape index (κ3) is 8.64. The molecule has 140 valence electrons. The van der Waals surface area contributed by atoms with E-state index < -0.39 is 5.60 Å². The van der Waals surface area contributed by atoms with Crippen molar-refractivity contribution in [2.24, 2.45) is 10.4 Å². The summed E-state index contributed by atoms with van der Waals surface area (Å²) in [5.41, 5.74) is 0.121. The minimum atomic E-state index is -0.907. The summed E-state index contributed by atoms with van der Waals surface area (Å²) < 4.78 is 0. The third-order valence-corrected chi connectivity index (χ3v) is 4.18. The topological polar surface area (TPSA) is 59.9 Å². The molecule has 7 heteroatoms. The van der Waals surface area contributed by atoms with Crippen LogP contribution >= 0.6 is 35.3 Å². The van der Waals surface area contributed by atoms with Gasteiger partial charge in [-0.05, 0) is 55.7 Å². The Morgan fingerprint density at radius 1 is 1.29 bits per heavy atom. The molecular formula is C17H33IN4OS. The van der Waals surface area contributed by atoms with Gasteiger partial charge >= 0.3 is 0 Å². The summed E-state index contributed by atoms with van der Waals surface area (Å²) in [4.78, 5) is 6.86. The molecular weight excluding hydrogens is 435 g/mol. The molecule has 0 aliphatic rings. The van der Waals surface area contributed by atoms with Crippen LogP contribution in [0.2, 0.25) is 0 Å². The number of rotatable bonds is 8. The van der Waals surface area contributed by atoms with Gasteiger partial charge in [0.25, 0.3) is 0 Å². The second-order valence-corrected chi connectivity index (χ2v) is 8.02. The van der Waals surface area contributed by atoms with Crippen molar-refractivity contribution in [3.05, 3.63) is 22.4 Å². The minimum absolute atomic E-state index is 0. The van der Waals surface area contributed by atoms with Gasteiger partial charge in [-0.25, -0.2) is 0 Å². The monoisotopic (exact) mass is 468 g/mol. The fourth-order valence-electron chi connectivity index (χ4n) is 2.47. The van der Waals surface area contributed by atoms with Crippen LogP contribution in [-0.2, 0) is 5.60 Å². The van der Waals surface area contributed by atoms with Crippen LogP contribution in [-0.4, -0.2) is 56.2 Å².